The van der Waals surface area contributed by atoms with Crippen LogP contribution in [0, 0.1) is 5.92 Å². The SMILES string of the molecule is CCC(CNC(=O)[C@H](N)c1ccccc1)CC(=O)O. The first kappa shape index (κ1) is 15.2. The van der Waals surface area contributed by atoms with Gasteiger partial charge in [-0.15, -0.1) is 0 Å². The molecule has 5 heteroatoms. The van der Waals surface area contributed by atoms with Crippen molar-refractivity contribution in [2.45, 2.75) is 25.8 Å². The quantitative estimate of drug-likeness (QED) is 0.692. The van der Waals surface area contributed by atoms with Crippen LogP contribution in [-0.2, 0) is 9.59 Å². The van der Waals surface area contributed by atoms with Gasteiger partial charge >= 0.3 is 5.97 Å². The van der Waals surface area contributed by atoms with Crippen molar-refractivity contribution in [3.8, 4) is 0 Å². The summed E-state index contributed by atoms with van der Waals surface area (Å²) in [4.78, 5) is 22.5. The van der Waals surface area contributed by atoms with Gasteiger partial charge in [0.25, 0.3) is 0 Å². The molecular formula is C14H20N2O3. The van der Waals surface area contributed by atoms with Gasteiger partial charge < -0.3 is 16.2 Å². The number of nitrogens with two attached hydrogens (primary N) is 1. The van der Waals surface area contributed by atoms with Crippen LogP contribution in [0.3, 0.4) is 0 Å². The van der Waals surface area contributed by atoms with Crippen molar-refractivity contribution >= 4 is 11.9 Å². The molecule has 4 N–H and O–H groups in total. The zero-order chi connectivity index (χ0) is 14.3. The molecule has 0 radical (unpaired) electrons. The summed E-state index contributed by atoms with van der Waals surface area (Å²) in [6, 6.07) is 8.36. The lowest BCUT2D eigenvalue weighted by Crippen LogP contribution is -2.37. The van der Waals surface area contributed by atoms with Gasteiger partial charge in [0.05, 0.1) is 0 Å². The first-order valence-corrected chi connectivity index (χ1v) is 6.34. The summed E-state index contributed by atoms with van der Waals surface area (Å²) < 4.78 is 0. The minimum atomic E-state index is -0.853. The van der Waals surface area contributed by atoms with Crippen LogP contribution in [0.4, 0.5) is 0 Å². The lowest BCUT2D eigenvalue weighted by atomic mass is 10.0. The minimum absolute atomic E-state index is 0.0529. The van der Waals surface area contributed by atoms with Crippen molar-refractivity contribution < 1.29 is 14.7 Å². The topological polar surface area (TPSA) is 92.4 Å². The van der Waals surface area contributed by atoms with Crippen LogP contribution in [0.1, 0.15) is 31.4 Å². The number of hydrogen-bond acceptors (Lipinski definition) is 3. The van der Waals surface area contributed by atoms with E-state index in [1.54, 1.807) is 12.1 Å². The second kappa shape index (κ2) is 7.53. The molecule has 1 unspecified atom stereocenters. The van der Waals surface area contributed by atoms with Crippen LogP contribution in [-0.4, -0.2) is 23.5 Å². The second-order valence-electron chi connectivity index (χ2n) is 4.51. The number of amides is 1. The summed E-state index contributed by atoms with van der Waals surface area (Å²) in [6.45, 7) is 2.24. The van der Waals surface area contributed by atoms with E-state index in [-0.39, 0.29) is 18.2 Å². The predicted octanol–water partition coefficient (Wildman–Crippen LogP) is 1.30. The lowest BCUT2D eigenvalue weighted by Gasteiger charge is -2.16. The van der Waals surface area contributed by atoms with Gasteiger partial charge in [0, 0.05) is 13.0 Å². The number of benzene rings is 1. The maximum absolute atomic E-state index is 11.9. The number of rotatable bonds is 7. The Kier molecular flexibility index (Phi) is 6.02. The van der Waals surface area contributed by atoms with Crippen LogP contribution in [0.2, 0.25) is 0 Å². The van der Waals surface area contributed by atoms with Crippen LogP contribution in [0.25, 0.3) is 0 Å². The Morgan fingerprint density at radius 3 is 2.47 bits per heavy atom. The highest BCUT2D eigenvalue weighted by atomic mass is 16.4. The standard InChI is InChI=1S/C14H20N2O3/c1-2-10(8-12(17)18)9-16-14(19)13(15)11-6-4-3-5-7-11/h3-7,10,13H,2,8-9,15H2,1H3,(H,16,19)(H,17,18)/t10?,13-/m1/s1. The average molecular weight is 264 g/mol. The number of carboxylic acid groups (broad SMARTS) is 1. The Hall–Kier alpha value is -1.88. The van der Waals surface area contributed by atoms with Gasteiger partial charge in [-0.25, -0.2) is 0 Å². The normalized spacial score (nSPS) is 13.6. The number of carbonyl (C=O) groups is 2. The molecule has 104 valence electrons. The molecule has 19 heavy (non-hydrogen) atoms. The molecule has 1 amide bonds. The molecule has 0 aliphatic heterocycles. The maximum atomic E-state index is 11.9. The van der Waals surface area contributed by atoms with Gasteiger partial charge in [-0.05, 0) is 11.5 Å². The van der Waals surface area contributed by atoms with Crippen molar-refractivity contribution in [1.29, 1.82) is 0 Å². The molecule has 5 nitrogen and oxygen atoms in total. The van der Waals surface area contributed by atoms with Gasteiger partial charge in [-0.3, -0.25) is 9.59 Å². The van der Waals surface area contributed by atoms with E-state index in [1.807, 2.05) is 25.1 Å². The van der Waals surface area contributed by atoms with Crippen LogP contribution < -0.4 is 11.1 Å². The van der Waals surface area contributed by atoms with Crippen molar-refractivity contribution in [2.24, 2.45) is 11.7 Å². The van der Waals surface area contributed by atoms with Crippen molar-refractivity contribution in [3.05, 3.63) is 35.9 Å². The number of nitrogens with one attached hydrogen (secondary N) is 1. The molecule has 0 aliphatic carbocycles. The minimum Gasteiger partial charge on any atom is -0.481 e. The third kappa shape index (κ3) is 5.09. The van der Waals surface area contributed by atoms with E-state index in [9.17, 15) is 9.59 Å². The molecule has 0 fully saturated rings. The molecule has 0 saturated heterocycles. The monoisotopic (exact) mass is 264 g/mol. The summed E-state index contributed by atoms with van der Waals surface area (Å²) in [6.07, 6.45) is 0.754. The van der Waals surface area contributed by atoms with Gasteiger partial charge in [0.2, 0.25) is 5.91 Å². The largest absolute Gasteiger partial charge is 0.481 e. The van der Waals surface area contributed by atoms with Gasteiger partial charge in [-0.1, -0.05) is 43.7 Å². The van der Waals surface area contributed by atoms with Gasteiger partial charge in [0.1, 0.15) is 6.04 Å². The summed E-state index contributed by atoms with van der Waals surface area (Å²) >= 11 is 0. The summed E-state index contributed by atoms with van der Waals surface area (Å²) in [5.41, 5.74) is 6.58. The zero-order valence-electron chi connectivity index (χ0n) is 11.0. The summed E-state index contributed by atoms with van der Waals surface area (Å²) in [5, 5.41) is 11.4. The summed E-state index contributed by atoms with van der Waals surface area (Å²) in [7, 11) is 0. The third-order valence-corrected chi connectivity index (χ3v) is 3.05. The number of carbonyl (C=O) groups excluding carboxylic acids is 1. The number of carboxylic acids is 1. The Labute approximate surface area is 112 Å². The Morgan fingerprint density at radius 2 is 1.95 bits per heavy atom. The van der Waals surface area contributed by atoms with Crippen molar-refractivity contribution in [1.82, 2.24) is 5.32 Å². The summed E-state index contributed by atoms with van der Waals surface area (Å²) in [5.74, 6) is -1.20. The van der Waals surface area contributed by atoms with E-state index in [0.29, 0.717) is 13.0 Å². The molecule has 0 aliphatic rings. The lowest BCUT2D eigenvalue weighted by molar-refractivity contribution is -0.138. The Bertz CT molecular complexity index is 420. The highest BCUT2D eigenvalue weighted by molar-refractivity contribution is 5.82. The fourth-order valence-electron chi connectivity index (χ4n) is 1.77. The smallest absolute Gasteiger partial charge is 0.303 e. The van der Waals surface area contributed by atoms with E-state index in [1.165, 1.54) is 0 Å². The van der Waals surface area contributed by atoms with Crippen LogP contribution >= 0.6 is 0 Å². The van der Waals surface area contributed by atoms with E-state index < -0.39 is 12.0 Å². The molecule has 2 atom stereocenters. The van der Waals surface area contributed by atoms with Gasteiger partial charge in [-0.2, -0.15) is 0 Å². The zero-order valence-corrected chi connectivity index (χ0v) is 11.0. The molecule has 0 heterocycles. The first-order valence-electron chi connectivity index (χ1n) is 6.34. The molecule has 1 rings (SSSR count). The third-order valence-electron chi connectivity index (χ3n) is 3.05. The van der Waals surface area contributed by atoms with E-state index in [0.717, 1.165) is 5.56 Å². The predicted molar refractivity (Wildman–Crippen MR) is 72.4 cm³/mol. The molecule has 1 aromatic carbocycles. The molecule has 0 saturated carbocycles. The molecule has 1 aromatic rings. The fraction of sp³-hybridized carbons (Fsp3) is 0.429. The van der Waals surface area contributed by atoms with E-state index in [4.69, 9.17) is 10.8 Å². The second-order valence-corrected chi connectivity index (χ2v) is 4.51. The van der Waals surface area contributed by atoms with Crippen molar-refractivity contribution in [2.75, 3.05) is 6.54 Å². The first-order chi connectivity index (χ1) is 9.04. The van der Waals surface area contributed by atoms with Crippen LogP contribution in [0.15, 0.2) is 30.3 Å². The van der Waals surface area contributed by atoms with Gasteiger partial charge in [0.15, 0.2) is 0 Å². The fourth-order valence-corrected chi connectivity index (χ4v) is 1.77. The molecule has 0 spiro atoms. The van der Waals surface area contributed by atoms with E-state index in [2.05, 4.69) is 5.32 Å². The highest BCUT2D eigenvalue weighted by Gasteiger charge is 2.17. The number of aliphatic carboxylic acids is 1. The maximum Gasteiger partial charge on any atom is 0.303 e. The van der Waals surface area contributed by atoms with E-state index >= 15 is 0 Å². The average Bonchev–Trinajstić information content (AvgIpc) is 2.42. The Balaban J connectivity index is 2.48. The molecule has 0 bridgehead atoms. The Morgan fingerprint density at radius 1 is 1.32 bits per heavy atom. The number of hydrogen-bond donors (Lipinski definition) is 3. The molecule has 0 aromatic heterocycles. The van der Waals surface area contributed by atoms with Crippen molar-refractivity contribution in [3.63, 3.8) is 0 Å². The van der Waals surface area contributed by atoms with Crippen LogP contribution in [0.5, 0.6) is 0 Å². The molecular weight excluding hydrogens is 244 g/mol. The highest BCUT2D eigenvalue weighted by Crippen LogP contribution is 2.11.